The van der Waals surface area contributed by atoms with Crippen LogP contribution in [0.2, 0.25) is 0 Å². The van der Waals surface area contributed by atoms with E-state index in [0.717, 1.165) is 24.2 Å². The molecule has 0 bridgehead atoms. The zero-order valence-electron chi connectivity index (χ0n) is 7.53. The minimum absolute atomic E-state index is 0.208. The van der Waals surface area contributed by atoms with Crippen LogP contribution in [0.15, 0.2) is 12.7 Å². The molecule has 13 heavy (non-hydrogen) atoms. The third-order valence-corrected chi connectivity index (χ3v) is 2.28. The zero-order valence-corrected chi connectivity index (χ0v) is 7.53. The molecule has 1 rings (SSSR count). The summed E-state index contributed by atoms with van der Waals surface area (Å²) in [6.45, 7) is 4.01. The molecule has 0 spiro atoms. The first-order valence-corrected chi connectivity index (χ1v) is 4.40. The molecule has 1 fully saturated rings. The van der Waals surface area contributed by atoms with Gasteiger partial charge in [0.2, 0.25) is 5.91 Å². The van der Waals surface area contributed by atoms with Crippen LogP contribution in [-0.4, -0.2) is 23.4 Å². The van der Waals surface area contributed by atoms with E-state index in [1.165, 1.54) is 0 Å². The van der Waals surface area contributed by atoms with E-state index in [9.17, 15) is 9.59 Å². The lowest BCUT2D eigenvalue weighted by Crippen LogP contribution is -2.42. The van der Waals surface area contributed by atoms with Gasteiger partial charge in [-0.05, 0) is 12.8 Å². The molecule has 1 aliphatic rings. The van der Waals surface area contributed by atoms with Crippen molar-refractivity contribution in [2.75, 3.05) is 6.54 Å². The molecular formula is C9H14N2O2. The van der Waals surface area contributed by atoms with Gasteiger partial charge >= 0.3 is 6.03 Å². The minimum Gasteiger partial charge on any atom is -0.351 e. The van der Waals surface area contributed by atoms with Crippen LogP contribution in [0.25, 0.3) is 0 Å². The molecule has 0 saturated carbocycles. The van der Waals surface area contributed by atoms with Crippen molar-refractivity contribution < 1.29 is 9.59 Å². The topological polar surface area (TPSA) is 63.4 Å². The van der Waals surface area contributed by atoms with Crippen LogP contribution in [0.5, 0.6) is 0 Å². The Labute approximate surface area is 77.4 Å². The molecular weight excluding hydrogens is 168 g/mol. The molecule has 0 aromatic carbocycles. The zero-order chi connectivity index (χ0) is 9.84. The number of carbonyl (C=O) groups is 2. The fourth-order valence-electron chi connectivity index (χ4n) is 1.51. The van der Waals surface area contributed by atoms with Crippen molar-refractivity contribution in [1.29, 1.82) is 0 Å². The molecule has 1 aliphatic heterocycles. The monoisotopic (exact) mass is 182 g/mol. The maximum atomic E-state index is 11.6. The molecule has 0 aromatic heterocycles. The van der Waals surface area contributed by atoms with Crippen molar-refractivity contribution in [3.8, 4) is 0 Å². The molecule has 0 radical (unpaired) electrons. The van der Waals surface area contributed by atoms with Gasteiger partial charge in [0, 0.05) is 6.54 Å². The lowest BCUT2D eigenvalue weighted by molar-refractivity contribution is -0.130. The summed E-state index contributed by atoms with van der Waals surface area (Å²) in [6, 6.07) is -0.654. The fourth-order valence-corrected chi connectivity index (χ4v) is 1.51. The van der Waals surface area contributed by atoms with Gasteiger partial charge in [0.1, 0.15) is 0 Å². The van der Waals surface area contributed by atoms with E-state index in [1.807, 2.05) is 0 Å². The lowest BCUT2D eigenvalue weighted by atomic mass is 10.0. The van der Waals surface area contributed by atoms with Gasteiger partial charge < -0.3 is 5.73 Å². The summed E-state index contributed by atoms with van der Waals surface area (Å²) < 4.78 is 0. The molecule has 72 valence electrons. The van der Waals surface area contributed by atoms with Crippen LogP contribution in [0.3, 0.4) is 0 Å². The van der Waals surface area contributed by atoms with Gasteiger partial charge in [0.15, 0.2) is 0 Å². The lowest BCUT2D eigenvalue weighted by Gasteiger charge is -2.18. The average molecular weight is 182 g/mol. The fraction of sp³-hybridized carbons (Fsp3) is 0.556. The average Bonchev–Trinajstić information content (AvgIpc) is 2.26. The Hall–Kier alpha value is -1.32. The van der Waals surface area contributed by atoms with Gasteiger partial charge in [-0.1, -0.05) is 12.5 Å². The van der Waals surface area contributed by atoms with Crippen LogP contribution in [0.1, 0.15) is 19.3 Å². The largest absolute Gasteiger partial charge is 0.351 e. The number of rotatable bonds is 1. The van der Waals surface area contributed by atoms with Crippen molar-refractivity contribution in [2.24, 2.45) is 11.7 Å². The van der Waals surface area contributed by atoms with Gasteiger partial charge in [0.05, 0.1) is 5.92 Å². The molecule has 1 heterocycles. The normalized spacial score (nSPS) is 23.8. The molecule has 1 atom stereocenters. The maximum absolute atomic E-state index is 11.6. The van der Waals surface area contributed by atoms with Gasteiger partial charge in [-0.25, -0.2) is 4.79 Å². The van der Waals surface area contributed by atoms with Crippen LogP contribution in [0, 0.1) is 5.92 Å². The highest BCUT2D eigenvalue weighted by Crippen LogP contribution is 2.18. The van der Waals surface area contributed by atoms with Crippen LogP contribution in [0.4, 0.5) is 4.79 Å². The molecule has 0 aromatic rings. The molecule has 2 N–H and O–H groups in total. The van der Waals surface area contributed by atoms with Crippen LogP contribution < -0.4 is 5.73 Å². The Morgan fingerprint density at radius 2 is 2.31 bits per heavy atom. The number of hydrogen-bond donors (Lipinski definition) is 1. The minimum atomic E-state index is -0.654. The second kappa shape index (κ2) is 4.07. The van der Waals surface area contributed by atoms with Crippen molar-refractivity contribution in [3.63, 3.8) is 0 Å². The summed E-state index contributed by atoms with van der Waals surface area (Å²) in [5, 5.41) is 0. The van der Waals surface area contributed by atoms with Gasteiger partial charge in [-0.15, -0.1) is 6.58 Å². The second-order valence-corrected chi connectivity index (χ2v) is 3.17. The standard InChI is InChI=1S/C9H14N2O2/c1-2-7-5-3-4-6-11(8(7)12)9(10)13/h2,7H,1,3-6H2,(H2,10,13). The summed E-state index contributed by atoms with van der Waals surface area (Å²) in [5.74, 6) is -0.449. The predicted octanol–water partition coefficient (Wildman–Crippen LogP) is 0.880. The number of primary amides is 1. The Morgan fingerprint density at radius 1 is 1.62 bits per heavy atom. The Kier molecular flexibility index (Phi) is 3.06. The van der Waals surface area contributed by atoms with E-state index in [-0.39, 0.29) is 11.8 Å². The predicted molar refractivity (Wildman–Crippen MR) is 48.8 cm³/mol. The molecule has 4 heteroatoms. The number of amides is 3. The highest BCUT2D eigenvalue weighted by Gasteiger charge is 2.27. The van der Waals surface area contributed by atoms with Crippen molar-refractivity contribution in [1.82, 2.24) is 4.90 Å². The number of imide groups is 1. The summed E-state index contributed by atoms with van der Waals surface area (Å²) in [7, 11) is 0. The second-order valence-electron chi connectivity index (χ2n) is 3.17. The summed E-state index contributed by atoms with van der Waals surface area (Å²) in [4.78, 5) is 23.6. The molecule has 3 amide bonds. The highest BCUT2D eigenvalue weighted by atomic mass is 16.2. The summed E-state index contributed by atoms with van der Waals surface area (Å²) >= 11 is 0. The third-order valence-electron chi connectivity index (χ3n) is 2.28. The Balaban J connectivity index is 2.78. The highest BCUT2D eigenvalue weighted by molar-refractivity contribution is 5.95. The molecule has 4 nitrogen and oxygen atoms in total. The van der Waals surface area contributed by atoms with E-state index in [1.54, 1.807) is 6.08 Å². The third kappa shape index (κ3) is 2.08. The molecule has 0 aliphatic carbocycles. The van der Waals surface area contributed by atoms with E-state index in [0.29, 0.717) is 6.54 Å². The maximum Gasteiger partial charge on any atom is 0.321 e. The summed E-state index contributed by atoms with van der Waals surface area (Å²) in [6.07, 6.45) is 4.13. The SMILES string of the molecule is C=CC1CCCCN(C(N)=O)C1=O. The number of hydrogen-bond acceptors (Lipinski definition) is 2. The Bertz CT molecular complexity index is 238. The first kappa shape index (κ1) is 9.77. The van der Waals surface area contributed by atoms with Gasteiger partial charge in [-0.2, -0.15) is 0 Å². The van der Waals surface area contributed by atoms with Crippen LogP contribution >= 0.6 is 0 Å². The van der Waals surface area contributed by atoms with Gasteiger partial charge in [-0.3, -0.25) is 9.69 Å². The molecule has 1 saturated heterocycles. The van der Waals surface area contributed by atoms with Crippen molar-refractivity contribution in [2.45, 2.75) is 19.3 Å². The Morgan fingerprint density at radius 3 is 2.85 bits per heavy atom. The molecule has 1 unspecified atom stereocenters. The first-order chi connectivity index (χ1) is 6.16. The number of nitrogens with zero attached hydrogens (tertiary/aromatic N) is 1. The number of carbonyl (C=O) groups excluding carboxylic acids is 2. The van der Waals surface area contributed by atoms with Gasteiger partial charge in [0.25, 0.3) is 0 Å². The smallest absolute Gasteiger partial charge is 0.321 e. The van der Waals surface area contributed by atoms with E-state index < -0.39 is 6.03 Å². The quantitative estimate of drug-likeness (QED) is 0.612. The van der Waals surface area contributed by atoms with Crippen molar-refractivity contribution >= 4 is 11.9 Å². The van der Waals surface area contributed by atoms with Crippen molar-refractivity contribution in [3.05, 3.63) is 12.7 Å². The summed E-state index contributed by atoms with van der Waals surface area (Å²) in [5.41, 5.74) is 5.08. The number of urea groups is 1. The number of likely N-dealkylation sites (tertiary alicyclic amines) is 1. The first-order valence-electron chi connectivity index (χ1n) is 4.40. The number of nitrogens with two attached hydrogens (primary N) is 1. The van der Waals surface area contributed by atoms with E-state index in [2.05, 4.69) is 6.58 Å². The van der Waals surface area contributed by atoms with Crippen LogP contribution in [-0.2, 0) is 4.79 Å². The van der Waals surface area contributed by atoms with E-state index in [4.69, 9.17) is 5.73 Å². The van der Waals surface area contributed by atoms with E-state index >= 15 is 0 Å².